The van der Waals surface area contributed by atoms with E-state index in [-0.39, 0.29) is 18.3 Å². The molecular weight excluding hydrogens is 420 g/mol. The van der Waals surface area contributed by atoms with E-state index in [2.05, 4.69) is 4.74 Å². The molecule has 0 unspecified atom stereocenters. The number of benzene rings is 2. The highest BCUT2D eigenvalue weighted by Gasteiger charge is 2.44. The lowest BCUT2D eigenvalue weighted by Crippen LogP contribution is -2.27. The SMILES string of the molecule is COC(=O)CCCCCC[C@@H]1[C@@H](C=O)[C@H](O)C[C@@H]1OC(=O)c1ccc(-c2ccccc2)cc1. The van der Waals surface area contributed by atoms with Gasteiger partial charge in [-0.05, 0) is 36.1 Å². The van der Waals surface area contributed by atoms with E-state index in [9.17, 15) is 19.5 Å². The van der Waals surface area contributed by atoms with Gasteiger partial charge in [0.2, 0.25) is 0 Å². The molecule has 0 aromatic heterocycles. The van der Waals surface area contributed by atoms with E-state index in [1.54, 1.807) is 12.1 Å². The molecule has 0 saturated heterocycles. The molecule has 1 aliphatic carbocycles. The summed E-state index contributed by atoms with van der Waals surface area (Å²) in [5.74, 6) is -1.39. The topological polar surface area (TPSA) is 89.9 Å². The molecule has 3 rings (SSSR count). The van der Waals surface area contributed by atoms with E-state index in [0.717, 1.165) is 43.1 Å². The van der Waals surface area contributed by atoms with Crippen LogP contribution in [0.1, 0.15) is 55.3 Å². The number of hydrogen-bond donors (Lipinski definition) is 1. The van der Waals surface area contributed by atoms with E-state index in [0.29, 0.717) is 18.4 Å². The van der Waals surface area contributed by atoms with Gasteiger partial charge in [0, 0.05) is 24.7 Å². The van der Waals surface area contributed by atoms with Crippen LogP contribution in [-0.2, 0) is 19.1 Å². The second kappa shape index (κ2) is 12.3. The van der Waals surface area contributed by atoms with Crippen molar-refractivity contribution in [3.63, 3.8) is 0 Å². The zero-order valence-corrected chi connectivity index (χ0v) is 19.0. The molecular formula is C27H32O6. The maximum Gasteiger partial charge on any atom is 0.338 e. The first-order valence-corrected chi connectivity index (χ1v) is 11.6. The van der Waals surface area contributed by atoms with Crippen LogP contribution in [-0.4, -0.2) is 42.6 Å². The average Bonchev–Trinajstić information content (AvgIpc) is 3.15. The number of rotatable bonds is 11. The van der Waals surface area contributed by atoms with Gasteiger partial charge in [-0.3, -0.25) is 4.79 Å². The smallest absolute Gasteiger partial charge is 0.338 e. The summed E-state index contributed by atoms with van der Waals surface area (Å²) in [5.41, 5.74) is 2.52. The van der Waals surface area contributed by atoms with Crippen molar-refractivity contribution in [1.82, 2.24) is 0 Å². The Kier molecular flexibility index (Phi) is 9.19. The number of hydrogen-bond acceptors (Lipinski definition) is 6. The first-order valence-electron chi connectivity index (χ1n) is 11.6. The fourth-order valence-corrected chi connectivity index (χ4v) is 4.55. The molecule has 176 valence electrons. The molecule has 1 N–H and O–H groups in total. The van der Waals surface area contributed by atoms with Crippen molar-refractivity contribution in [1.29, 1.82) is 0 Å². The van der Waals surface area contributed by atoms with Crippen molar-refractivity contribution in [3.05, 3.63) is 60.2 Å². The highest BCUT2D eigenvalue weighted by molar-refractivity contribution is 5.90. The van der Waals surface area contributed by atoms with Crippen molar-refractivity contribution in [2.75, 3.05) is 7.11 Å². The van der Waals surface area contributed by atoms with Gasteiger partial charge in [-0.25, -0.2) is 4.79 Å². The quantitative estimate of drug-likeness (QED) is 0.305. The number of aliphatic hydroxyl groups is 1. The van der Waals surface area contributed by atoms with Crippen LogP contribution in [0.4, 0.5) is 0 Å². The number of aliphatic hydroxyl groups excluding tert-OH is 1. The van der Waals surface area contributed by atoms with Crippen LogP contribution in [0.5, 0.6) is 0 Å². The molecule has 1 fully saturated rings. The van der Waals surface area contributed by atoms with Crippen LogP contribution < -0.4 is 0 Å². The Balaban J connectivity index is 1.55. The number of ether oxygens (including phenoxy) is 2. The third-order valence-corrected chi connectivity index (χ3v) is 6.43. The van der Waals surface area contributed by atoms with Gasteiger partial charge in [0.15, 0.2) is 0 Å². The third-order valence-electron chi connectivity index (χ3n) is 6.43. The second-order valence-electron chi connectivity index (χ2n) is 8.60. The van der Waals surface area contributed by atoms with Gasteiger partial charge in [0.05, 0.1) is 18.8 Å². The molecule has 2 aromatic rings. The molecule has 0 heterocycles. The summed E-state index contributed by atoms with van der Waals surface area (Å²) in [4.78, 5) is 35.5. The number of unbranched alkanes of at least 4 members (excludes halogenated alkanes) is 3. The van der Waals surface area contributed by atoms with Crippen molar-refractivity contribution >= 4 is 18.2 Å². The number of esters is 2. The van der Waals surface area contributed by atoms with Crippen LogP contribution >= 0.6 is 0 Å². The zero-order chi connectivity index (χ0) is 23.6. The molecule has 2 aromatic carbocycles. The number of aldehydes is 1. The maximum atomic E-state index is 12.8. The lowest BCUT2D eigenvalue weighted by molar-refractivity contribution is -0.140. The summed E-state index contributed by atoms with van der Waals surface area (Å²) in [6.07, 6.45) is 4.22. The lowest BCUT2D eigenvalue weighted by atomic mass is 9.89. The monoisotopic (exact) mass is 452 g/mol. The maximum absolute atomic E-state index is 12.8. The van der Waals surface area contributed by atoms with E-state index in [1.165, 1.54) is 7.11 Å². The van der Waals surface area contributed by atoms with Crippen LogP contribution in [0.3, 0.4) is 0 Å². The Hall–Kier alpha value is -2.99. The molecule has 1 aliphatic rings. The van der Waals surface area contributed by atoms with Gasteiger partial charge >= 0.3 is 11.9 Å². The number of methoxy groups -OCH3 is 1. The molecule has 0 amide bonds. The minimum Gasteiger partial charge on any atom is -0.469 e. The normalized spacial score (nSPS) is 22.0. The molecule has 33 heavy (non-hydrogen) atoms. The summed E-state index contributed by atoms with van der Waals surface area (Å²) in [6.45, 7) is 0. The van der Waals surface area contributed by atoms with E-state index < -0.39 is 24.1 Å². The Morgan fingerprint density at radius 1 is 0.970 bits per heavy atom. The minimum atomic E-state index is -0.801. The van der Waals surface area contributed by atoms with E-state index >= 15 is 0 Å². The highest BCUT2D eigenvalue weighted by atomic mass is 16.5. The summed E-state index contributed by atoms with van der Waals surface area (Å²) in [6, 6.07) is 17.1. The van der Waals surface area contributed by atoms with Crippen LogP contribution in [0.2, 0.25) is 0 Å². The van der Waals surface area contributed by atoms with Crippen LogP contribution in [0, 0.1) is 11.8 Å². The third kappa shape index (κ3) is 6.75. The predicted molar refractivity (Wildman–Crippen MR) is 124 cm³/mol. The second-order valence-corrected chi connectivity index (χ2v) is 8.60. The Labute approximate surface area is 194 Å². The first-order chi connectivity index (χ1) is 16.0. The Morgan fingerprint density at radius 2 is 1.64 bits per heavy atom. The number of carbonyl (C=O) groups is 3. The van der Waals surface area contributed by atoms with Gasteiger partial charge in [0.1, 0.15) is 12.4 Å². The molecule has 0 radical (unpaired) electrons. The first kappa shape index (κ1) is 24.6. The predicted octanol–water partition coefficient (Wildman–Crippen LogP) is 4.59. The fourth-order valence-electron chi connectivity index (χ4n) is 4.55. The van der Waals surface area contributed by atoms with Crippen molar-refractivity contribution < 1.29 is 29.0 Å². The Bertz CT molecular complexity index is 908. The summed E-state index contributed by atoms with van der Waals surface area (Å²) < 4.78 is 10.4. The van der Waals surface area contributed by atoms with Gasteiger partial charge < -0.3 is 19.4 Å². The van der Waals surface area contributed by atoms with Crippen molar-refractivity contribution in [2.24, 2.45) is 11.8 Å². The van der Waals surface area contributed by atoms with Gasteiger partial charge in [-0.15, -0.1) is 0 Å². The fraction of sp³-hybridized carbons (Fsp3) is 0.444. The molecule has 4 atom stereocenters. The van der Waals surface area contributed by atoms with Crippen LogP contribution in [0.15, 0.2) is 54.6 Å². The zero-order valence-electron chi connectivity index (χ0n) is 19.0. The molecule has 0 aliphatic heterocycles. The van der Waals surface area contributed by atoms with Crippen LogP contribution in [0.25, 0.3) is 11.1 Å². The summed E-state index contributed by atoms with van der Waals surface area (Å²) in [5, 5.41) is 10.3. The largest absolute Gasteiger partial charge is 0.469 e. The van der Waals surface area contributed by atoms with E-state index in [4.69, 9.17) is 4.74 Å². The lowest BCUT2D eigenvalue weighted by Gasteiger charge is -2.22. The van der Waals surface area contributed by atoms with Crippen molar-refractivity contribution in [3.8, 4) is 11.1 Å². The Morgan fingerprint density at radius 3 is 2.30 bits per heavy atom. The number of carbonyl (C=O) groups excluding carboxylic acids is 3. The molecule has 0 spiro atoms. The molecule has 0 bridgehead atoms. The van der Waals surface area contributed by atoms with Gasteiger partial charge in [-0.2, -0.15) is 0 Å². The van der Waals surface area contributed by atoms with Gasteiger partial charge in [0.25, 0.3) is 0 Å². The molecule has 1 saturated carbocycles. The summed E-state index contributed by atoms with van der Waals surface area (Å²) in [7, 11) is 1.38. The average molecular weight is 453 g/mol. The van der Waals surface area contributed by atoms with E-state index in [1.807, 2.05) is 42.5 Å². The minimum absolute atomic E-state index is 0.203. The van der Waals surface area contributed by atoms with Crippen molar-refractivity contribution in [2.45, 2.75) is 57.2 Å². The standard InChI is InChI=1S/C27H32O6/c1-32-26(30)12-8-3-2-7-11-22-23(18-28)24(29)17-25(22)33-27(31)21-15-13-20(14-16-21)19-9-5-4-6-10-19/h4-6,9-10,13-16,18,22-25,29H,2-3,7-8,11-12,17H2,1H3/t22-,23-,24-,25+/m1/s1. The molecule has 6 nitrogen and oxygen atoms in total. The molecule has 6 heteroatoms. The van der Waals surface area contributed by atoms with Gasteiger partial charge in [-0.1, -0.05) is 61.7 Å². The highest BCUT2D eigenvalue weighted by Crippen LogP contribution is 2.37. The summed E-state index contributed by atoms with van der Waals surface area (Å²) >= 11 is 0.